The number of H-pyrrole nitrogens is 1. The summed E-state index contributed by atoms with van der Waals surface area (Å²) in [6.07, 6.45) is 5.26. The van der Waals surface area contributed by atoms with Gasteiger partial charge in [-0.1, -0.05) is 11.6 Å². The third-order valence-corrected chi connectivity index (χ3v) is 6.15. The van der Waals surface area contributed by atoms with Crippen LogP contribution in [0.5, 0.6) is 0 Å². The van der Waals surface area contributed by atoms with Crippen molar-refractivity contribution in [2.45, 2.75) is 32.0 Å². The number of fused-ring (bicyclic) bond motifs is 2. The molecule has 4 N–H and O–H groups in total. The quantitative estimate of drug-likeness (QED) is 0.434. The number of piperidine rings is 1. The third-order valence-electron chi connectivity index (χ3n) is 5.83. The third kappa shape index (κ3) is 3.40. The lowest BCUT2D eigenvalue weighted by Gasteiger charge is -2.34. The van der Waals surface area contributed by atoms with Gasteiger partial charge in [-0.2, -0.15) is 5.10 Å². The molecule has 2 unspecified atom stereocenters. The van der Waals surface area contributed by atoms with Crippen LogP contribution in [0.3, 0.4) is 0 Å². The number of aromatic amines is 1. The van der Waals surface area contributed by atoms with E-state index in [9.17, 15) is 9.18 Å². The number of benzene rings is 1. The molecule has 1 aliphatic heterocycles. The average Bonchev–Trinajstić information content (AvgIpc) is 3.37. The molecule has 2 atom stereocenters. The van der Waals surface area contributed by atoms with Gasteiger partial charge < -0.3 is 16.0 Å². The molecule has 0 aliphatic carbocycles. The molecule has 0 saturated carbocycles. The highest BCUT2D eigenvalue weighted by molar-refractivity contribution is 6.36. The topological polar surface area (TPSA) is 117 Å². The van der Waals surface area contributed by atoms with Gasteiger partial charge in [0.25, 0.3) is 5.91 Å². The van der Waals surface area contributed by atoms with Crippen LogP contribution in [0.2, 0.25) is 5.02 Å². The number of nitrogens with two attached hydrogens (primary N) is 1. The minimum absolute atomic E-state index is 0.0898. The van der Waals surface area contributed by atoms with E-state index in [-0.39, 0.29) is 17.9 Å². The van der Waals surface area contributed by atoms with Crippen LogP contribution >= 0.6 is 11.6 Å². The number of halogens is 2. The van der Waals surface area contributed by atoms with Gasteiger partial charge >= 0.3 is 0 Å². The molecule has 1 aliphatic rings. The average molecular weight is 457 g/mol. The summed E-state index contributed by atoms with van der Waals surface area (Å²) < 4.78 is 15.7. The molecule has 0 radical (unpaired) electrons. The summed E-state index contributed by atoms with van der Waals surface area (Å²) in [7, 11) is 0. The molecule has 4 aromatic rings. The number of rotatable bonds is 4. The van der Waals surface area contributed by atoms with E-state index in [1.165, 1.54) is 4.52 Å². The van der Waals surface area contributed by atoms with E-state index in [4.69, 9.17) is 17.3 Å². The van der Waals surface area contributed by atoms with Crippen molar-refractivity contribution in [1.29, 1.82) is 0 Å². The summed E-state index contributed by atoms with van der Waals surface area (Å²) >= 11 is 6.52. The fourth-order valence-corrected chi connectivity index (χ4v) is 4.60. The normalized spacial score (nSPS) is 17.7. The standard InChI is InChI=1S/C21H22ClFN8O/c1-11(27-21(32)16-19(24)29-31-7-3-5-25-20(16)31)13-8-15(22)14-9-26-28-17(14)18(13)30-6-2-4-12(23)10-30/h3,5,7-9,11-12H,2,4,6,10H2,1H3,(H2,24,29)(H,26,28)(H,27,32). The van der Waals surface area contributed by atoms with E-state index in [0.717, 1.165) is 28.6 Å². The van der Waals surface area contributed by atoms with Crippen LogP contribution in [-0.2, 0) is 0 Å². The Morgan fingerprint density at radius 2 is 2.31 bits per heavy atom. The van der Waals surface area contributed by atoms with Gasteiger partial charge in [-0.3, -0.25) is 9.89 Å². The SMILES string of the molecule is CC(NC(=O)c1c(N)nn2cccnc12)c1cc(Cl)c2cn[nH]c2c1N1CCCC(F)C1. The molecule has 1 aromatic carbocycles. The van der Waals surface area contributed by atoms with E-state index in [1.807, 2.05) is 11.8 Å². The van der Waals surface area contributed by atoms with Crippen LogP contribution in [0, 0.1) is 0 Å². The molecular formula is C21H22ClFN8O. The number of carbonyl (C=O) groups is 1. The number of aromatic nitrogens is 5. The van der Waals surface area contributed by atoms with E-state index in [1.54, 1.807) is 30.7 Å². The highest BCUT2D eigenvalue weighted by Gasteiger charge is 2.28. The van der Waals surface area contributed by atoms with Crippen LogP contribution in [-0.4, -0.2) is 50.0 Å². The second-order valence-electron chi connectivity index (χ2n) is 7.98. The van der Waals surface area contributed by atoms with Crippen LogP contribution in [0.25, 0.3) is 16.6 Å². The van der Waals surface area contributed by atoms with Crippen molar-refractivity contribution >= 4 is 45.6 Å². The Labute approximate surface area is 187 Å². The van der Waals surface area contributed by atoms with E-state index in [2.05, 4.69) is 25.6 Å². The Morgan fingerprint density at radius 1 is 1.47 bits per heavy atom. The molecule has 166 valence electrons. The second-order valence-corrected chi connectivity index (χ2v) is 8.39. The van der Waals surface area contributed by atoms with Crippen molar-refractivity contribution in [2.24, 2.45) is 0 Å². The molecule has 4 heterocycles. The molecule has 1 saturated heterocycles. The summed E-state index contributed by atoms with van der Waals surface area (Å²) in [6.45, 7) is 2.82. The first-order chi connectivity index (χ1) is 15.4. The maximum Gasteiger partial charge on any atom is 0.259 e. The molecule has 0 spiro atoms. The molecule has 3 aromatic heterocycles. The number of hydrogen-bond donors (Lipinski definition) is 3. The number of nitrogens with zero attached hydrogens (tertiary/aromatic N) is 5. The van der Waals surface area contributed by atoms with Gasteiger partial charge in [0, 0.05) is 36.4 Å². The lowest BCUT2D eigenvalue weighted by molar-refractivity contribution is 0.0942. The zero-order valence-corrected chi connectivity index (χ0v) is 18.1. The zero-order valence-electron chi connectivity index (χ0n) is 17.3. The van der Waals surface area contributed by atoms with Crippen molar-refractivity contribution in [3.8, 4) is 0 Å². The first-order valence-corrected chi connectivity index (χ1v) is 10.8. The Hall–Kier alpha value is -3.40. The number of alkyl halides is 1. The van der Waals surface area contributed by atoms with Gasteiger partial charge in [-0.05, 0) is 31.9 Å². The lowest BCUT2D eigenvalue weighted by Crippen LogP contribution is -2.38. The smallest absolute Gasteiger partial charge is 0.259 e. The molecule has 5 rings (SSSR count). The lowest BCUT2D eigenvalue weighted by atomic mass is 9.99. The van der Waals surface area contributed by atoms with Gasteiger partial charge in [0.15, 0.2) is 11.5 Å². The van der Waals surface area contributed by atoms with E-state index in [0.29, 0.717) is 23.6 Å². The maximum absolute atomic E-state index is 14.3. The predicted molar refractivity (Wildman–Crippen MR) is 121 cm³/mol. The van der Waals surface area contributed by atoms with Crippen molar-refractivity contribution in [1.82, 2.24) is 30.1 Å². The van der Waals surface area contributed by atoms with Crippen LogP contribution in [0.4, 0.5) is 15.9 Å². The molecule has 0 bridgehead atoms. The Balaban J connectivity index is 1.54. The van der Waals surface area contributed by atoms with Crippen LogP contribution in [0.15, 0.2) is 30.7 Å². The number of carbonyl (C=O) groups excluding carboxylic acids is 1. The number of anilines is 2. The zero-order chi connectivity index (χ0) is 22.4. The Kier molecular flexibility index (Phi) is 5.09. The van der Waals surface area contributed by atoms with Crippen molar-refractivity contribution in [2.75, 3.05) is 23.7 Å². The fourth-order valence-electron chi connectivity index (χ4n) is 4.34. The van der Waals surface area contributed by atoms with Crippen LogP contribution in [0.1, 0.15) is 41.7 Å². The summed E-state index contributed by atoms with van der Waals surface area (Å²) in [5, 5.41) is 15.5. The summed E-state index contributed by atoms with van der Waals surface area (Å²) in [6, 6.07) is 3.05. The first-order valence-electron chi connectivity index (χ1n) is 10.4. The first kappa shape index (κ1) is 20.5. The van der Waals surface area contributed by atoms with Crippen molar-refractivity contribution in [3.05, 3.63) is 46.9 Å². The molecule has 1 amide bonds. The Bertz CT molecular complexity index is 1320. The molecule has 32 heavy (non-hydrogen) atoms. The summed E-state index contributed by atoms with van der Waals surface area (Å²) in [4.78, 5) is 19.4. The minimum Gasteiger partial charge on any atom is -0.381 e. The highest BCUT2D eigenvalue weighted by atomic mass is 35.5. The highest BCUT2D eigenvalue weighted by Crippen LogP contribution is 2.39. The molecule has 1 fully saturated rings. The second kappa shape index (κ2) is 7.94. The van der Waals surface area contributed by atoms with Gasteiger partial charge in [0.2, 0.25) is 0 Å². The summed E-state index contributed by atoms with van der Waals surface area (Å²) in [5.41, 5.74) is 8.85. The number of amides is 1. The van der Waals surface area contributed by atoms with E-state index >= 15 is 0 Å². The van der Waals surface area contributed by atoms with E-state index < -0.39 is 18.1 Å². The van der Waals surface area contributed by atoms with Gasteiger partial charge in [0.05, 0.1) is 28.5 Å². The van der Waals surface area contributed by atoms with Crippen molar-refractivity contribution in [3.63, 3.8) is 0 Å². The summed E-state index contributed by atoms with van der Waals surface area (Å²) in [5.74, 6) is -0.315. The predicted octanol–water partition coefficient (Wildman–Crippen LogP) is 3.27. The number of nitrogens with one attached hydrogen (secondary N) is 2. The van der Waals surface area contributed by atoms with Crippen LogP contribution < -0.4 is 16.0 Å². The maximum atomic E-state index is 14.3. The number of hydrogen-bond acceptors (Lipinski definition) is 6. The fraction of sp³-hybridized carbons (Fsp3) is 0.333. The monoisotopic (exact) mass is 456 g/mol. The number of nitrogen functional groups attached to an aromatic ring is 1. The minimum atomic E-state index is -0.917. The molecule has 11 heteroatoms. The largest absolute Gasteiger partial charge is 0.381 e. The van der Waals surface area contributed by atoms with Gasteiger partial charge in [-0.25, -0.2) is 13.9 Å². The molecular weight excluding hydrogens is 435 g/mol. The van der Waals surface area contributed by atoms with Gasteiger partial charge in [0.1, 0.15) is 11.7 Å². The van der Waals surface area contributed by atoms with Crippen molar-refractivity contribution < 1.29 is 9.18 Å². The Morgan fingerprint density at radius 3 is 3.12 bits per heavy atom. The van der Waals surface area contributed by atoms with Gasteiger partial charge in [-0.15, -0.1) is 5.10 Å². The molecule has 9 nitrogen and oxygen atoms in total.